The van der Waals surface area contributed by atoms with Gasteiger partial charge in [-0.15, -0.1) is 0 Å². The minimum Gasteiger partial charge on any atom is -0.386 e. The average Bonchev–Trinajstić information content (AvgIpc) is 3.34. The fraction of sp³-hybridized carbons (Fsp3) is 0.429. The van der Waals surface area contributed by atoms with Crippen LogP contribution in [0.15, 0.2) is 36.8 Å². The van der Waals surface area contributed by atoms with Gasteiger partial charge in [0, 0.05) is 18.1 Å². The van der Waals surface area contributed by atoms with Crippen LogP contribution in [0.2, 0.25) is 0 Å². The second kappa shape index (κ2) is 6.71. The molecule has 2 aliphatic rings. The van der Waals surface area contributed by atoms with E-state index in [1.807, 2.05) is 31.3 Å². The number of benzene rings is 1. The molecule has 140 valence electrons. The Kier molecular flexibility index (Phi) is 4.19. The Morgan fingerprint density at radius 1 is 1.26 bits per heavy atom. The van der Waals surface area contributed by atoms with Crippen molar-refractivity contribution in [1.29, 1.82) is 0 Å². The lowest BCUT2D eigenvalue weighted by Crippen LogP contribution is -2.27. The number of aromatic nitrogens is 3. The zero-order valence-electron chi connectivity index (χ0n) is 15.4. The van der Waals surface area contributed by atoms with E-state index < -0.39 is 6.10 Å². The highest BCUT2D eigenvalue weighted by Gasteiger charge is 2.34. The molecule has 2 aromatic heterocycles. The number of nitrogens with one attached hydrogen (secondary N) is 1. The number of ether oxygens (including phenoxy) is 1. The maximum atomic E-state index is 11.1. The molecule has 2 N–H and O–H groups in total. The summed E-state index contributed by atoms with van der Waals surface area (Å²) < 4.78 is 8.36. The number of hydrogen-bond acceptors (Lipinski definition) is 5. The Bertz CT molecular complexity index is 983. The van der Waals surface area contributed by atoms with Gasteiger partial charge in [0.2, 0.25) is 0 Å². The van der Waals surface area contributed by atoms with Crippen LogP contribution >= 0.6 is 0 Å². The van der Waals surface area contributed by atoms with Gasteiger partial charge in [0.15, 0.2) is 0 Å². The first-order chi connectivity index (χ1) is 13.2. The van der Waals surface area contributed by atoms with Crippen molar-refractivity contribution in [2.45, 2.75) is 51.2 Å². The SMILES string of the molecule is Cc1ncnc2c1ccn2C1CCC(C(O)c2cccc3c2CNCC3)O1. The molecule has 0 radical (unpaired) electrons. The van der Waals surface area contributed by atoms with Crippen LogP contribution in [0, 0.1) is 6.92 Å². The Hall–Kier alpha value is -2.28. The third-order valence-corrected chi connectivity index (χ3v) is 5.90. The third-order valence-electron chi connectivity index (χ3n) is 5.90. The van der Waals surface area contributed by atoms with Gasteiger partial charge in [-0.05, 0) is 55.5 Å². The fourth-order valence-corrected chi connectivity index (χ4v) is 4.43. The van der Waals surface area contributed by atoms with E-state index in [1.165, 1.54) is 11.1 Å². The van der Waals surface area contributed by atoms with E-state index in [-0.39, 0.29) is 12.3 Å². The largest absolute Gasteiger partial charge is 0.386 e. The average molecular weight is 364 g/mol. The molecule has 0 aliphatic carbocycles. The van der Waals surface area contributed by atoms with Gasteiger partial charge < -0.3 is 19.7 Å². The van der Waals surface area contributed by atoms with Gasteiger partial charge in [0.1, 0.15) is 24.3 Å². The molecule has 6 nitrogen and oxygen atoms in total. The van der Waals surface area contributed by atoms with E-state index in [1.54, 1.807) is 6.33 Å². The van der Waals surface area contributed by atoms with Crippen LogP contribution in [0.3, 0.4) is 0 Å². The minimum atomic E-state index is -0.608. The van der Waals surface area contributed by atoms with E-state index in [4.69, 9.17) is 4.74 Å². The Morgan fingerprint density at radius 3 is 3.11 bits per heavy atom. The first-order valence-corrected chi connectivity index (χ1v) is 9.65. The monoisotopic (exact) mass is 364 g/mol. The van der Waals surface area contributed by atoms with Crippen molar-refractivity contribution in [1.82, 2.24) is 19.9 Å². The van der Waals surface area contributed by atoms with Gasteiger partial charge in [-0.1, -0.05) is 18.2 Å². The van der Waals surface area contributed by atoms with Crippen LogP contribution in [0.1, 0.15) is 47.6 Å². The highest BCUT2D eigenvalue weighted by Crippen LogP contribution is 2.38. The lowest BCUT2D eigenvalue weighted by atomic mass is 9.91. The fourth-order valence-electron chi connectivity index (χ4n) is 4.43. The topological polar surface area (TPSA) is 72.2 Å². The van der Waals surface area contributed by atoms with E-state index in [0.717, 1.165) is 54.6 Å². The summed E-state index contributed by atoms with van der Waals surface area (Å²) in [5.41, 5.74) is 5.43. The number of aryl methyl sites for hydroxylation is 1. The van der Waals surface area contributed by atoms with Crippen LogP contribution in [-0.4, -0.2) is 32.3 Å². The van der Waals surface area contributed by atoms with Gasteiger partial charge in [0.05, 0.1) is 11.8 Å². The quantitative estimate of drug-likeness (QED) is 0.748. The predicted octanol–water partition coefficient (Wildman–Crippen LogP) is 2.80. The Morgan fingerprint density at radius 2 is 2.19 bits per heavy atom. The molecule has 2 aliphatic heterocycles. The van der Waals surface area contributed by atoms with Gasteiger partial charge in [-0.2, -0.15) is 0 Å². The van der Waals surface area contributed by atoms with Gasteiger partial charge in [0.25, 0.3) is 0 Å². The van der Waals surface area contributed by atoms with E-state index in [9.17, 15) is 5.11 Å². The molecule has 6 heteroatoms. The summed E-state index contributed by atoms with van der Waals surface area (Å²) in [4.78, 5) is 8.69. The molecule has 27 heavy (non-hydrogen) atoms. The van der Waals surface area contributed by atoms with Crippen molar-refractivity contribution in [2.75, 3.05) is 6.54 Å². The number of fused-ring (bicyclic) bond motifs is 2. The van der Waals surface area contributed by atoms with E-state index in [0.29, 0.717) is 0 Å². The molecule has 0 bridgehead atoms. The first kappa shape index (κ1) is 16.9. The van der Waals surface area contributed by atoms with Crippen molar-refractivity contribution in [3.8, 4) is 0 Å². The van der Waals surface area contributed by atoms with Crippen LogP contribution in [0.25, 0.3) is 11.0 Å². The Balaban J connectivity index is 1.40. The predicted molar refractivity (Wildman–Crippen MR) is 102 cm³/mol. The normalized spacial score (nSPS) is 23.5. The highest BCUT2D eigenvalue weighted by atomic mass is 16.5. The summed E-state index contributed by atoms with van der Waals surface area (Å²) >= 11 is 0. The molecular formula is C21H24N4O2. The van der Waals surface area contributed by atoms with Gasteiger partial charge in [-0.25, -0.2) is 9.97 Å². The maximum Gasteiger partial charge on any atom is 0.145 e. The molecule has 1 saturated heterocycles. The summed E-state index contributed by atoms with van der Waals surface area (Å²) in [6.45, 7) is 3.80. The van der Waals surface area contributed by atoms with Crippen LogP contribution in [0.4, 0.5) is 0 Å². The minimum absolute atomic E-state index is 0.103. The summed E-state index contributed by atoms with van der Waals surface area (Å²) in [5.74, 6) is 0. The second-order valence-electron chi connectivity index (χ2n) is 7.48. The molecule has 3 atom stereocenters. The highest BCUT2D eigenvalue weighted by molar-refractivity contribution is 5.78. The standard InChI is InChI=1S/C21H24N4O2/c1-13-15-8-10-25(21(15)24-12-23-13)19-6-5-18(27-19)20(26)16-4-2-3-14-7-9-22-11-17(14)16/h2-4,8,10,12,18-20,22,26H,5-7,9,11H2,1H3. The molecule has 1 fully saturated rings. The molecule has 3 unspecified atom stereocenters. The summed E-state index contributed by atoms with van der Waals surface area (Å²) in [5, 5.41) is 15.5. The lowest BCUT2D eigenvalue weighted by molar-refractivity contribution is -0.0593. The Labute approximate surface area is 158 Å². The zero-order chi connectivity index (χ0) is 18.4. The van der Waals surface area contributed by atoms with Crippen LogP contribution < -0.4 is 5.32 Å². The third kappa shape index (κ3) is 2.84. The van der Waals surface area contributed by atoms with Gasteiger partial charge >= 0.3 is 0 Å². The zero-order valence-corrected chi connectivity index (χ0v) is 15.4. The summed E-state index contributed by atoms with van der Waals surface area (Å²) in [6.07, 6.45) is 5.40. The number of nitrogens with zero attached hydrogens (tertiary/aromatic N) is 3. The summed E-state index contributed by atoms with van der Waals surface area (Å²) in [7, 11) is 0. The number of aliphatic hydroxyl groups is 1. The maximum absolute atomic E-state index is 11.1. The number of hydrogen-bond donors (Lipinski definition) is 2. The summed E-state index contributed by atoms with van der Waals surface area (Å²) in [6, 6.07) is 8.29. The molecule has 0 saturated carbocycles. The molecule has 3 aromatic rings. The number of rotatable bonds is 3. The lowest BCUT2D eigenvalue weighted by Gasteiger charge is -2.26. The van der Waals surface area contributed by atoms with E-state index in [2.05, 4.69) is 25.9 Å². The smallest absolute Gasteiger partial charge is 0.145 e. The van der Waals surface area contributed by atoms with E-state index >= 15 is 0 Å². The van der Waals surface area contributed by atoms with Crippen LogP contribution in [0.5, 0.6) is 0 Å². The van der Waals surface area contributed by atoms with Crippen LogP contribution in [-0.2, 0) is 17.7 Å². The number of aliphatic hydroxyl groups excluding tert-OH is 1. The van der Waals surface area contributed by atoms with Crippen molar-refractivity contribution in [2.24, 2.45) is 0 Å². The van der Waals surface area contributed by atoms with Crippen molar-refractivity contribution in [3.63, 3.8) is 0 Å². The van der Waals surface area contributed by atoms with Crippen molar-refractivity contribution in [3.05, 3.63) is 59.2 Å². The molecule has 1 aromatic carbocycles. The van der Waals surface area contributed by atoms with Gasteiger partial charge in [-0.3, -0.25) is 0 Å². The second-order valence-corrected chi connectivity index (χ2v) is 7.48. The molecule has 5 rings (SSSR count). The molecule has 0 amide bonds. The van der Waals surface area contributed by atoms with Crippen molar-refractivity contribution < 1.29 is 9.84 Å². The first-order valence-electron chi connectivity index (χ1n) is 9.65. The molecule has 0 spiro atoms. The molecular weight excluding hydrogens is 340 g/mol. The molecule has 4 heterocycles. The van der Waals surface area contributed by atoms with Crippen molar-refractivity contribution >= 4 is 11.0 Å².